The van der Waals surface area contributed by atoms with Crippen LogP contribution in [0.25, 0.3) is 6.08 Å². The fourth-order valence-corrected chi connectivity index (χ4v) is 3.90. The normalized spacial score (nSPS) is 15.3. The second-order valence-corrected chi connectivity index (χ2v) is 7.63. The Morgan fingerprint density at radius 1 is 1.31 bits per heavy atom. The molecule has 1 saturated heterocycles. The summed E-state index contributed by atoms with van der Waals surface area (Å²) in [4.78, 5) is 36.9. The molecule has 9 heteroatoms. The van der Waals surface area contributed by atoms with Gasteiger partial charge >= 0.3 is 11.9 Å². The van der Waals surface area contributed by atoms with Crippen molar-refractivity contribution >= 4 is 68.2 Å². The maximum Gasteiger partial charge on any atom is 0.308 e. The van der Waals surface area contributed by atoms with Crippen LogP contribution >= 0.6 is 39.9 Å². The number of thiocarbonyl (C=S) groups is 1. The van der Waals surface area contributed by atoms with Crippen molar-refractivity contribution in [3.05, 3.63) is 39.7 Å². The molecule has 1 heterocycles. The summed E-state index contributed by atoms with van der Waals surface area (Å²) in [5.41, 5.74) is 0.572. The van der Waals surface area contributed by atoms with Crippen molar-refractivity contribution in [1.82, 2.24) is 4.90 Å². The van der Waals surface area contributed by atoms with Crippen LogP contribution in [0.2, 0.25) is 0 Å². The van der Waals surface area contributed by atoms with Gasteiger partial charge in [0.15, 0.2) is 11.5 Å². The zero-order valence-electron chi connectivity index (χ0n) is 13.9. The van der Waals surface area contributed by atoms with Gasteiger partial charge in [-0.25, -0.2) is 0 Å². The molecule has 0 bridgehead atoms. The summed E-state index contributed by atoms with van der Waals surface area (Å²) in [6, 6.07) is 3.15. The molecule has 2 rings (SSSR count). The number of benzene rings is 1. The van der Waals surface area contributed by atoms with Crippen molar-refractivity contribution in [3.63, 3.8) is 0 Å². The predicted molar refractivity (Wildman–Crippen MR) is 107 cm³/mol. The molecular weight excluding hydrogens is 442 g/mol. The third-order valence-electron chi connectivity index (χ3n) is 3.01. The van der Waals surface area contributed by atoms with Gasteiger partial charge in [-0.05, 0) is 39.7 Å². The molecule has 1 aromatic rings. The van der Waals surface area contributed by atoms with Gasteiger partial charge in [0.25, 0.3) is 5.91 Å². The first-order valence-corrected chi connectivity index (χ1v) is 9.31. The molecule has 0 atom stereocenters. The van der Waals surface area contributed by atoms with Crippen LogP contribution < -0.4 is 9.47 Å². The summed E-state index contributed by atoms with van der Waals surface area (Å²) in [7, 11) is 0. The molecule has 0 aliphatic carbocycles. The molecule has 0 aromatic heterocycles. The van der Waals surface area contributed by atoms with Gasteiger partial charge in [0.2, 0.25) is 0 Å². The number of carbonyl (C=O) groups is 3. The number of nitrogens with zero attached hydrogens (tertiary/aromatic N) is 1. The van der Waals surface area contributed by atoms with Crippen LogP contribution in [0.5, 0.6) is 11.5 Å². The van der Waals surface area contributed by atoms with Crippen molar-refractivity contribution in [2.24, 2.45) is 0 Å². The molecule has 1 aliphatic heterocycles. The number of esters is 2. The minimum atomic E-state index is -0.570. The highest BCUT2D eigenvalue weighted by Gasteiger charge is 2.31. The molecule has 1 amide bonds. The molecule has 0 unspecified atom stereocenters. The van der Waals surface area contributed by atoms with Crippen LogP contribution in [0.1, 0.15) is 19.4 Å². The first kappa shape index (κ1) is 20.3. The molecule has 1 aliphatic rings. The lowest BCUT2D eigenvalue weighted by atomic mass is 10.2. The molecule has 0 N–H and O–H groups in total. The van der Waals surface area contributed by atoms with E-state index in [2.05, 4.69) is 22.5 Å². The molecule has 1 aromatic carbocycles. The van der Waals surface area contributed by atoms with Gasteiger partial charge in [-0.1, -0.05) is 30.1 Å². The average molecular weight is 456 g/mol. The van der Waals surface area contributed by atoms with Crippen molar-refractivity contribution in [1.29, 1.82) is 0 Å². The third kappa shape index (κ3) is 4.80. The standard InChI is InChI=1S/C17H14BrNO5S2/c1-4-5-19-16(22)14(26-17(19)25)8-11-6-12(18)15(24-10(3)21)13(7-11)23-9(2)20/h4,6-8H,1,5H2,2-3H3/b14-8-. The van der Waals surface area contributed by atoms with Crippen molar-refractivity contribution in [2.75, 3.05) is 6.54 Å². The summed E-state index contributed by atoms with van der Waals surface area (Å²) in [5.74, 6) is -1.20. The van der Waals surface area contributed by atoms with E-state index in [9.17, 15) is 14.4 Å². The third-order valence-corrected chi connectivity index (χ3v) is 4.98. The second-order valence-electron chi connectivity index (χ2n) is 5.10. The number of carbonyl (C=O) groups excluding carboxylic acids is 3. The predicted octanol–water partition coefficient (Wildman–Crippen LogP) is 3.69. The fourth-order valence-electron chi connectivity index (χ4n) is 2.08. The van der Waals surface area contributed by atoms with Crippen molar-refractivity contribution in [2.45, 2.75) is 13.8 Å². The summed E-state index contributed by atoms with van der Waals surface area (Å²) in [6.45, 7) is 6.41. The van der Waals surface area contributed by atoms with E-state index in [0.29, 0.717) is 25.8 Å². The van der Waals surface area contributed by atoms with E-state index in [0.717, 1.165) is 0 Å². The highest BCUT2D eigenvalue weighted by molar-refractivity contribution is 9.10. The minimum absolute atomic E-state index is 0.0647. The van der Waals surface area contributed by atoms with Crippen LogP contribution in [0.3, 0.4) is 0 Å². The lowest BCUT2D eigenvalue weighted by Gasteiger charge is -2.12. The molecule has 0 spiro atoms. The minimum Gasteiger partial charge on any atom is -0.423 e. The Kier molecular flexibility index (Phi) is 6.74. The SMILES string of the molecule is C=CCN1C(=O)/C(=C/c2cc(Br)c(OC(C)=O)c(OC(C)=O)c2)SC1=S. The van der Waals surface area contributed by atoms with Gasteiger partial charge in [0.05, 0.1) is 9.38 Å². The highest BCUT2D eigenvalue weighted by Crippen LogP contribution is 2.39. The number of rotatable bonds is 5. The Morgan fingerprint density at radius 2 is 1.96 bits per heavy atom. The number of amides is 1. The molecular formula is C17H14BrNO5S2. The summed E-state index contributed by atoms with van der Waals surface area (Å²) in [6.07, 6.45) is 3.22. The first-order valence-electron chi connectivity index (χ1n) is 7.29. The van der Waals surface area contributed by atoms with Gasteiger partial charge < -0.3 is 9.47 Å². The lowest BCUT2D eigenvalue weighted by Crippen LogP contribution is -2.27. The number of halogens is 1. The van der Waals surface area contributed by atoms with E-state index in [1.54, 1.807) is 18.2 Å². The van der Waals surface area contributed by atoms with Gasteiger partial charge in [-0.2, -0.15) is 0 Å². The van der Waals surface area contributed by atoms with E-state index in [1.807, 2.05) is 0 Å². The molecule has 26 heavy (non-hydrogen) atoms. The number of hydrogen-bond acceptors (Lipinski definition) is 7. The smallest absolute Gasteiger partial charge is 0.308 e. The van der Waals surface area contributed by atoms with E-state index < -0.39 is 11.9 Å². The highest BCUT2D eigenvalue weighted by atomic mass is 79.9. The van der Waals surface area contributed by atoms with E-state index in [4.69, 9.17) is 21.7 Å². The van der Waals surface area contributed by atoms with Crippen molar-refractivity contribution < 1.29 is 23.9 Å². The zero-order chi connectivity index (χ0) is 19.4. The number of thioether (sulfide) groups is 1. The summed E-state index contributed by atoms with van der Waals surface area (Å²) in [5, 5.41) is 0. The zero-order valence-corrected chi connectivity index (χ0v) is 17.1. The molecule has 136 valence electrons. The summed E-state index contributed by atoms with van der Waals surface area (Å²) < 4.78 is 11.1. The maximum absolute atomic E-state index is 12.4. The second kappa shape index (κ2) is 8.61. The maximum atomic E-state index is 12.4. The summed E-state index contributed by atoms with van der Waals surface area (Å²) >= 11 is 9.66. The average Bonchev–Trinajstić information content (AvgIpc) is 2.78. The monoisotopic (exact) mass is 455 g/mol. The molecule has 0 saturated carbocycles. The number of hydrogen-bond donors (Lipinski definition) is 0. The van der Waals surface area contributed by atoms with Crippen LogP contribution in [-0.4, -0.2) is 33.6 Å². The topological polar surface area (TPSA) is 72.9 Å². The van der Waals surface area contributed by atoms with Gasteiger partial charge in [-0.15, -0.1) is 6.58 Å². The van der Waals surface area contributed by atoms with Crippen LogP contribution in [0.4, 0.5) is 0 Å². The van der Waals surface area contributed by atoms with Gasteiger partial charge in [0, 0.05) is 20.4 Å². The van der Waals surface area contributed by atoms with E-state index in [1.165, 1.54) is 36.6 Å². The van der Waals surface area contributed by atoms with Crippen LogP contribution in [-0.2, 0) is 14.4 Å². The molecule has 6 nitrogen and oxygen atoms in total. The first-order chi connectivity index (χ1) is 12.2. The van der Waals surface area contributed by atoms with E-state index in [-0.39, 0.29) is 17.4 Å². The number of ether oxygens (including phenoxy) is 2. The van der Waals surface area contributed by atoms with Crippen LogP contribution in [0.15, 0.2) is 34.2 Å². The van der Waals surface area contributed by atoms with Gasteiger partial charge in [-0.3, -0.25) is 19.3 Å². The molecule has 1 fully saturated rings. The Balaban J connectivity index is 2.44. The quantitative estimate of drug-likeness (QED) is 0.220. The Labute approximate surface area is 168 Å². The van der Waals surface area contributed by atoms with Gasteiger partial charge in [0.1, 0.15) is 4.32 Å². The Morgan fingerprint density at radius 3 is 2.54 bits per heavy atom. The molecule has 0 radical (unpaired) electrons. The van der Waals surface area contributed by atoms with Crippen molar-refractivity contribution in [3.8, 4) is 11.5 Å². The van der Waals surface area contributed by atoms with E-state index >= 15 is 0 Å². The Bertz CT molecular complexity index is 850. The largest absolute Gasteiger partial charge is 0.423 e. The lowest BCUT2D eigenvalue weighted by molar-refractivity contribution is -0.134. The van der Waals surface area contributed by atoms with Crippen LogP contribution in [0, 0.1) is 0 Å². The Hall–Kier alpha value is -1.97. The fraction of sp³-hybridized carbons (Fsp3) is 0.176.